The topological polar surface area (TPSA) is 29.0 Å². The Morgan fingerprint density at radius 1 is 1.16 bits per heavy atom. The zero-order chi connectivity index (χ0) is 17.6. The largest absolute Gasteiger partial charge is 0.356 e. The molecule has 130 valence electrons. The molecule has 1 saturated heterocycles. The molecule has 1 unspecified atom stereocenters. The van der Waals surface area contributed by atoms with Gasteiger partial charge < -0.3 is 4.90 Å². The Kier molecular flexibility index (Phi) is 4.61. The first-order chi connectivity index (χ1) is 12.0. The van der Waals surface area contributed by atoms with Gasteiger partial charge in [-0.25, -0.2) is 4.98 Å². The van der Waals surface area contributed by atoms with Crippen molar-refractivity contribution in [2.45, 2.75) is 26.7 Å². The Morgan fingerprint density at radius 2 is 1.92 bits per heavy atom. The number of aromatic nitrogens is 2. The highest BCUT2D eigenvalue weighted by Crippen LogP contribution is 2.43. The van der Waals surface area contributed by atoms with Gasteiger partial charge in [-0.1, -0.05) is 30.7 Å². The minimum absolute atomic E-state index is 0.324. The van der Waals surface area contributed by atoms with Gasteiger partial charge in [-0.3, -0.25) is 0 Å². The maximum absolute atomic E-state index is 6.25. The molecule has 0 radical (unpaired) electrons. The van der Waals surface area contributed by atoms with Crippen LogP contribution in [0.15, 0.2) is 24.3 Å². The van der Waals surface area contributed by atoms with Gasteiger partial charge in [-0.05, 0) is 55.0 Å². The molecule has 4 rings (SSSR count). The molecule has 3 aromatic rings. The maximum Gasteiger partial charge on any atom is 0.225 e. The molecule has 0 amide bonds. The van der Waals surface area contributed by atoms with Gasteiger partial charge in [0.05, 0.1) is 5.39 Å². The molecule has 25 heavy (non-hydrogen) atoms. The van der Waals surface area contributed by atoms with Crippen LogP contribution in [0.1, 0.15) is 24.6 Å². The van der Waals surface area contributed by atoms with Crippen molar-refractivity contribution in [1.29, 1.82) is 0 Å². The fourth-order valence-corrected chi connectivity index (χ4v) is 5.02. The number of anilines is 1. The standard InChI is InChI=1S/C19H19Cl2N3S/c1-11-4-3-9-24(10-11)17-16-15(13-5-7-14(20)8-6-13)12(2)25-18(16)23-19(21)22-17/h5-8,11H,3-4,9-10H2,1-2H3. The van der Waals surface area contributed by atoms with Gasteiger partial charge in [-0.15, -0.1) is 11.3 Å². The summed E-state index contributed by atoms with van der Waals surface area (Å²) < 4.78 is 0. The number of nitrogens with zero attached hydrogens (tertiary/aromatic N) is 3. The van der Waals surface area contributed by atoms with Crippen molar-refractivity contribution in [3.05, 3.63) is 39.4 Å². The minimum Gasteiger partial charge on any atom is -0.356 e. The van der Waals surface area contributed by atoms with Crippen molar-refractivity contribution in [1.82, 2.24) is 9.97 Å². The molecule has 3 heterocycles. The second-order valence-electron chi connectivity index (χ2n) is 6.73. The number of fused-ring (bicyclic) bond motifs is 1. The summed E-state index contributed by atoms with van der Waals surface area (Å²) in [5.41, 5.74) is 2.34. The molecule has 1 aliphatic rings. The average Bonchev–Trinajstić information content (AvgIpc) is 2.90. The molecule has 3 nitrogen and oxygen atoms in total. The molecule has 0 saturated carbocycles. The molecule has 6 heteroatoms. The summed E-state index contributed by atoms with van der Waals surface area (Å²) in [5, 5.41) is 2.18. The molecule has 0 spiro atoms. The monoisotopic (exact) mass is 391 g/mol. The number of rotatable bonds is 2. The van der Waals surface area contributed by atoms with E-state index in [1.54, 1.807) is 11.3 Å². The summed E-state index contributed by atoms with van der Waals surface area (Å²) in [7, 11) is 0. The summed E-state index contributed by atoms with van der Waals surface area (Å²) in [6.45, 7) is 6.46. The number of thiophene rings is 1. The number of aryl methyl sites for hydroxylation is 1. The second kappa shape index (κ2) is 6.75. The van der Waals surface area contributed by atoms with Crippen LogP contribution in [0.25, 0.3) is 21.3 Å². The third-order valence-electron chi connectivity index (χ3n) is 4.77. The van der Waals surface area contributed by atoms with Crippen LogP contribution in [0.3, 0.4) is 0 Å². The summed E-state index contributed by atoms with van der Waals surface area (Å²) in [4.78, 5) is 13.7. The molecule has 0 aliphatic carbocycles. The van der Waals surface area contributed by atoms with Crippen molar-refractivity contribution in [2.24, 2.45) is 5.92 Å². The maximum atomic E-state index is 6.25. The lowest BCUT2D eigenvalue weighted by Gasteiger charge is -2.32. The average molecular weight is 392 g/mol. The molecular formula is C19H19Cl2N3S. The van der Waals surface area contributed by atoms with Crippen LogP contribution >= 0.6 is 34.5 Å². The van der Waals surface area contributed by atoms with E-state index in [1.807, 2.05) is 12.1 Å². The Bertz CT molecular complexity index is 921. The van der Waals surface area contributed by atoms with Gasteiger partial charge >= 0.3 is 0 Å². The highest BCUT2D eigenvalue weighted by molar-refractivity contribution is 7.19. The molecule has 1 aromatic carbocycles. The number of hydrogen-bond donors (Lipinski definition) is 0. The van der Waals surface area contributed by atoms with Crippen LogP contribution in [0.5, 0.6) is 0 Å². The van der Waals surface area contributed by atoms with Gasteiger partial charge in [0.25, 0.3) is 0 Å². The third kappa shape index (κ3) is 3.23. The smallest absolute Gasteiger partial charge is 0.225 e. The van der Waals surface area contributed by atoms with Crippen LogP contribution in [0.4, 0.5) is 5.82 Å². The highest BCUT2D eigenvalue weighted by atomic mass is 35.5. The molecular weight excluding hydrogens is 373 g/mol. The van der Waals surface area contributed by atoms with E-state index >= 15 is 0 Å². The predicted octanol–water partition coefficient (Wildman–Crippen LogP) is 6.21. The first-order valence-electron chi connectivity index (χ1n) is 8.50. The van der Waals surface area contributed by atoms with E-state index in [4.69, 9.17) is 23.2 Å². The zero-order valence-corrected chi connectivity index (χ0v) is 16.5. The van der Waals surface area contributed by atoms with E-state index in [0.29, 0.717) is 11.2 Å². The van der Waals surface area contributed by atoms with E-state index in [9.17, 15) is 0 Å². The lowest BCUT2D eigenvalue weighted by atomic mass is 9.99. The Labute approximate surface area is 161 Å². The van der Waals surface area contributed by atoms with Crippen LogP contribution in [-0.4, -0.2) is 23.1 Å². The van der Waals surface area contributed by atoms with Gasteiger partial charge in [0.2, 0.25) is 5.28 Å². The first kappa shape index (κ1) is 17.1. The SMILES string of the molecule is Cc1sc2nc(Cl)nc(N3CCCC(C)C3)c2c1-c1ccc(Cl)cc1. The van der Waals surface area contributed by atoms with Crippen LogP contribution < -0.4 is 4.90 Å². The second-order valence-corrected chi connectivity index (χ2v) is 8.71. The summed E-state index contributed by atoms with van der Waals surface area (Å²) in [6, 6.07) is 7.99. The van der Waals surface area contributed by atoms with Gasteiger partial charge in [-0.2, -0.15) is 4.98 Å². The molecule has 2 aromatic heterocycles. The Morgan fingerprint density at radius 3 is 2.64 bits per heavy atom. The fraction of sp³-hybridized carbons (Fsp3) is 0.368. The number of halogens is 2. The first-order valence-corrected chi connectivity index (χ1v) is 10.1. The summed E-state index contributed by atoms with van der Waals surface area (Å²) in [6.07, 6.45) is 2.45. The van der Waals surface area contributed by atoms with Crippen LogP contribution in [-0.2, 0) is 0 Å². The van der Waals surface area contributed by atoms with Gasteiger partial charge in [0.15, 0.2) is 0 Å². The normalized spacial score (nSPS) is 18.1. The van der Waals surface area contributed by atoms with Crippen molar-refractivity contribution in [3.8, 4) is 11.1 Å². The summed E-state index contributed by atoms with van der Waals surface area (Å²) in [5.74, 6) is 1.63. The molecule has 1 fully saturated rings. The fourth-order valence-electron chi connectivity index (χ4n) is 3.64. The molecule has 1 aliphatic heterocycles. The number of hydrogen-bond acceptors (Lipinski definition) is 4. The Balaban J connectivity index is 1.94. The van der Waals surface area contributed by atoms with Crippen molar-refractivity contribution >= 4 is 50.6 Å². The van der Waals surface area contributed by atoms with Crippen molar-refractivity contribution < 1.29 is 0 Å². The van der Waals surface area contributed by atoms with Gasteiger partial charge in [0.1, 0.15) is 10.6 Å². The molecule has 0 bridgehead atoms. The molecule has 1 atom stereocenters. The summed E-state index contributed by atoms with van der Waals surface area (Å²) >= 11 is 14.0. The minimum atomic E-state index is 0.324. The zero-order valence-electron chi connectivity index (χ0n) is 14.2. The Hall–Kier alpha value is -1.36. The van der Waals surface area contributed by atoms with Crippen molar-refractivity contribution in [2.75, 3.05) is 18.0 Å². The number of piperidine rings is 1. The third-order valence-corrected chi connectivity index (χ3v) is 6.19. The highest BCUT2D eigenvalue weighted by Gasteiger charge is 2.24. The predicted molar refractivity (Wildman–Crippen MR) is 108 cm³/mol. The molecule has 0 N–H and O–H groups in total. The van der Waals surface area contributed by atoms with Crippen molar-refractivity contribution in [3.63, 3.8) is 0 Å². The van der Waals surface area contributed by atoms with E-state index in [2.05, 4.69) is 40.8 Å². The van der Waals surface area contributed by atoms with E-state index < -0.39 is 0 Å². The quantitative estimate of drug-likeness (QED) is 0.486. The van der Waals surface area contributed by atoms with E-state index in [0.717, 1.165) is 39.7 Å². The van der Waals surface area contributed by atoms with Crippen LogP contribution in [0.2, 0.25) is 10.3 Å². The number of benzene rings is 1. The lowest BCUT2D eigenvalue weighted by molar-refractivity contribution is 0.445. The van der Waals surface area contributed by atoms with Crippen LogP contribution in [0, 0.1) is 12.8 Å². The van der Waals surface area contributed by atoms with E-state index in [-0.39, 0.29) is 0 Å². The van der Waals surface area contributed by atoms with Gasteiger partial charge in [0, 0.05) is 28.6 Å². The van der Waals surface area contributed by atoms with E-state index in [1.165, 1.54) is 23.3 Å². The lowest BCUT2D eigenvalue weighted by Crippen LogP contribution is -2.35.